The Morgan fingerprint density at radius 3 is 2.12 bits per heavy atom. The first kappa shape index (κ1) is 14.3. The summed E-state index contributed by atoms with van der Waals surface area (Å²) in [6.45, 7) is 10.2. The predicted octanol–water partition coefficient (Wildman–Crippen LogP) is 0.743. The van der Waals surface area contributed by atoms with Crippen LogP contribution in [0.15, 0.2) is 6.07 Å². The van der Waals surface area contributed by atoms with E-state index < -0.39 is 7.12 Å². The average molecular weight is 249 g/mol. The Bertz CT molecular complexity index is 425. The van der Waals surface area contributed by atoms with E-state index in [9.17, 15) is 10.0 Å². The highest BCUT2D eigenvalue weighted by molar-refractivity contribution is 6.60. The van der Waals surface area contributed by atoms with Crippen LogP contribution in [-0.4, -0.2) is 27.7 Å². The number of rotatable bonds is 2. The molecule has 0 aliphatic carbocycles. The van der Waals surface area contributed by atoms with E-state index in [-0.39, 0.29) is 5.41 Å². The Hall–Kier alpha value is -0.778. The van der Waals surface area contributed by atoms with Gasteiger partial charge >= 0.3 is 17.6 Å². The van der Waals surface area contributed by atoms with Crippen LogP contribution in [0.1, 0.15) is 37.5 Å². The summed E-state index contributed by atoms with van der Waals surface area (Å²) in [4.78, 5) is 0. The first-order valence-corrected chi connectivity index (χ1v) is 5.95. The Balaban J connectivity index is 3.66. The largest absolute Gasteiger partial charge is 0.540 e. The summed E-state index contributed by atoms with van der Waals surface area (Å²) in [7, 11) is 1.47. The van der Waals surface area contributed by atoms with Crippen molar-refractivity contribution in [3.8, 4) is 5.75 Å². The summed E-state index contributed by atoms with van der Waals surface area (Å²) in [6.07, 6.45) is 0. The zero-order valence-electron chi connectivity index (χ0n) is 11.0. The molecule has 17 heavy (non-hydrogen) atoms. The molecular weight excluding hydrogens is 231 g/mol. The fourth-order valence-electron chi connectivity index (χ4n) is 2.12. The van der Waals surface area contributed by atoms with Crippen LogP contribution in [0.4, 0.5) is 0 Å². The topological polar surface area (TPSA) is 49.7 Å². The minimum atomic E-state index is -1.54. The summed E-state index contributed by atoms with van der Waals surface area (Å²) >= 11 is 0. The summed E-state index contributed by atoms with van der Waals surface area (Å²) in [5.74, 6) is 0.493. The quantitative estimate of drug-likeness (QED) is 0.760. The van der Waals surface area contributed by atoms with Crippen molar-refractivity contribution in [2.24, 2.45) is 0 Å². The molecule has 0 saturated heterocycles. The van der Waals surface area contributed by atoms with Crippen molar-refractivity contribution in [1.82, 2.24) is 0 Å². The molecule has 1 aromatic rings. The molecule has 0 aliphatic heterocycles. The molecule has 1 rings (SSSR count). The van der Waals surface area contributed by atoms with Crippen LogP contribution in [0.2, 0.25) is 0 Å². The zero-order chi connectivity index (χ0) is 13.4. The highest BCUT2D eigenvalue weighted by Gasteiger charge is 2.28. The lowest BCUT2D eigenvalue weighted by Crippen LogP contribution is -2.34. The lowest BCUT2D eigenvalue weighted by Gasteiger charge is -2.27. The van der Waals surface area contributed by atoms with Crippen LogP contribution < -0.4 is 9.89 Å². The molecule has 3 radical (unpaired) electrons. The van der Waals surface area contributed by atoms with E-state index in [0.717, 1.165) is 16.7 Å². The van der Waals surface area contributed by atoms with Crippen molar-refractivity contribution in [3.05, 3.63) is 22.8 Å². The molecule has 1 aromatic carbocycles. The molecule has 3 nitrogen and oxygen atoms in total. The van der Waals surface area contributed by atoms with E-state index in [4.69, 9.17) is 4.43 Å². The van der Waals surface area contributed by atoms with E-state index in [1.807, 2.05) is 13.8 Å². The van der Waals surface area contributed by atoms with Gasteiger partial charge in [-0.05, 0) is 30.4 Å². The molecule has 5 heteroatoms. The van der Waals surface area contributed by atoms with E-state index in [1.165, 1.54) is 0 Å². The van der Waals surface area contributed by atoms with Gasteiger partial charge in [-0.25, -0.2) is 0 Å². The van der Waals surface area contributed by atoms with E-state index in [0.29, 0.717) is 11.2 Å². The van der Waals surface area contributed by atoms with Crippen molar-refractivity contribution in [1.29, 1.82) is 0 Å². The van der Waals surface area contributed by atoms with Gasteiger partial charge in [-0.15, -0.1) is 0 Å². The van der Waals surface area contributed by atoms with E-state index in [1.54, 1.807) is 6.07 Å². The minimum Gasteiger partial charge on any atom is -0.540 e. The first-order valence-electron chi connectivity index (χ1n) is 5.54. The van der Waals surface area contributed by atoms with Gasteiger partial charge in [-0.3, -0.25) is 0 Å². The smallest absolute Gasteiger partial charge is 0.492 e. The molecule has 0 atom stereocenters. The maximum absolute atomic E-state index is 9.40. The summed E-state index contributed by atoms with van der Waals surface area (Å²) < 4.78 is 5.19. The molecular formula is C12H18BO3Si. The van der Waals surface area contributed by atoms with Gasteiger partial charge in [-0.1, -0.05) is 26.8 Å². The molecule has 0 spiro atoms. The number of hydrogen-bond donors (Lipinski definition) is 2. The molecule has 0 unspecified atom stereocenters. The predicted molar refractivity (Wildman–Crippen MR) is 70.8 cm³/mol. The maximum Gasteiger partial charge on any atom is 0.492 e. The summed E-state index contributed by atoms with van der Waals surface area (Å²) in [6, 6.07) is 1.74. The third-order valence-corrected chi connectivity index (χ3v) is 3.16. The number of benzene rings is 1. The Kier molecular flexibility index (Phi) is 4.07. The summed E-state index contributed by atoms with van der Waals surface area (Å²) in [5, 5.41) is 18.8. The average Bonchev–Trinajstić information content (AvgIpc) is 2.18. The Morgan fingerprint density at radius 2 is 1.76 bits per heavy atom. The van der Waals surface area contributed by atoms with Gasteiger partial charge < -0.3 is 14.5 Å². The van der Waals surface area contributed by atoms with Crippen LogP contribution in [0.3, 0.4) is 0 Å². The van der Waals surface area contributed by atoms with Gasteiger partial charge in [0.1, 0.15) is 5.75 Å². The molecule has 0 fully saturated rings. The monoisotopic (exact) mass is 249 g/mol. The first-order chi connectivity index (χ1) is 7.70. The fraction of sp³-hybridized carbons (Fsp3) is 0.500. The molecule has 2 N–H and O–H groups in total. The molecule has 0 heterocycles. The second-order valence-electron chi connectivity index (χ2n) is 5.34. The van der Waals surface area contributed by atoms with Crippen LogP contribution in [-0.2, 0) is 5.41 Å². The van der Waals surface area contributed by atoms with Crippen LogP contribution in [0.25, 0.3) is 0 Å². The SMILES string of the molecule is Cc1cc(B(O)O)c(O[Si])c(C(C)(C)C)c1C. The van der Waals surface area contributed by atoms with Crippen molar-refractivity contribution in [2.45, 2.75) is 40.0 Å². The highest BCUT2D eigenvalue weighted by atomic mass is 28.2. The molecule has 91 valence electrons. The molecule has 0 bridgehead atoms. The van der Waals surface area contributed by atoms with Crippen molar-refractivity contribution in [3.63, 3.8) is 0 Å². The minimum absolute atomic E-state index is 0.137. The molecule has 0 saturated carbocycles. The van der Waals surface area contributed by atoms with Gasteiger partial charge in [0.05, 0.1) is 0 Å². The number of hydrogen-bond acceptors (Lipinski definition) is 3. The van der Waals surface area contributed by atoms with E-state index in [2.05, 4.69) is 31.3 Å². The summed E-state index contributed by atoms with van der Waals surface area (Å²) in [5.41, 5.74) is 3.35. The zero-order valence-corrected chi connectivity index (χ0v) is 12.0. The fourth-order valence-corrected chi connectivity index (χ4v) is 2.34. The van der Waals surface area contributed by atoms with Gasteiger partial charge in [0, 0.05) is 11.0 Å². The Morgan fingerprint density at radius 1 is 1.24 bits per heavy atom. The van der Waals surface area contributed by atoms with Crippen molar-refractivity contribution < 1.29 is 14.5 Å². The molecule has 0 aromatic heterocycles. The molecule has 0 amide bonds. The normalized spacial score (nSPS) is 11.5. The van der Waals surface area contributed by atoms with E-state index >= 15 is 0 Å². The number of aryl methyl sites for hydroxylation is 1. The highest BCUT2D eigenvalue weighted by Crippen LogP contribution is 2.34. The second-order valence-corrected chi connectivity index (χ2v) is 5.54. The van der Waals surface area contributed by atoms with Crippen LogP contribution >= 0.6 is 0 Å². The standard InChI is InChI=1S/C12H18BO3Si/c1-7-6-9(13(14)15)11(16-17)10(8(7)2)12(3,4)5/h6,14-15H,1-5H3. The third kappa shape index (κ3) is 2.73. The van der Waals surface area contributed by atoms with Gasteiger partial charge in [0.15, 0.2) is 0 Å². The lowest BCUT2D eigenvalue weighted by atomic mass is 9.72. The second kappa shape index (κ2) is 4.84. The maximum atomic E-state index is 9.40. The molecule has 0 aliphatic rings. The van der Waals surface area contributed by atoms with Gasteiger partial charge in [0.2, 0.25) is 0 Å². The van der Waals surface area contributed by atoms with Crippen LogP contribution in [0.5, 0.6) is 5.75 Å². The van der Waals surface area contributed by atoms with Gasteiger partial charge in [0.25, 0.3) is 0 Å². The Labute approximate surface area is 107 Å². The van der Waals surface area contributed by atoms with Crippen LogP contribution in [0, 0.1) is 13.8 Å². The van der Waals surface area contributed by atoms with Crippen molar-refractivity contribution in [2.75, 3.05) is 0 Å². The van der Waals surface area contributed by atoms with Gasteiger partial charge in [-0.2, -0.15) is 0 Å². The van der Waals surface area contributed by atoms with Crippen molar-refractivity contribution >= 4 is 23.1 Å². The third-order valence-electron chi connectivity index (χ3n) is 2.96. The lowest BCUT2D eigenvalue weighted by molar-refractivity contribution is 0.423.